The number of anilines is 1. The summed E-state index contributed by atoms with van der Waals surface area (Å²) in [5.41, 5.74) is 3.89. The van der Waals surface area contributed by atoms with Gasteiger partial charge in [0.15, 0.2) is 0 Å². The first kappa shape index (κ1) is 10.8. The Hall–Kier alpha value is -1.28. The summed E-state index contributed by atoms with van der Waals surface area (Å²) in [4.78, 5) is 0. The van der Waals surface area contributed by atoms with Gasteiger partial charge in [-0.1, -0.05) is 23.8 Å². The third kappa shape index (κ3) is 2.15. The largest absolute Gasteiger partial charge is 0.284 e. The Bertz CT molecular complexity index is 351. The van der Waals surface area contributed by atoms with Crippen LogP contribution in [0.3, 0.4) is 0 Å². The van der Waals surface area contributed by atoms with Crippen molar-refractivity contribution in [2.75, 3.05) is 5.06 Å². The van der Waals surface area contributed by atoms with E-state index in [9.17, 15) is 5.21 Å². The SMILES string of the molecule is CC(C)=C(C)N(O)c1ccccc1C. The van der Waals surface area contributed by atoms with Gasteiger partial charge >= 0.3 is 0 Å². The molecule has 2 nitrogen and oxygen atoms in total. The maximum Gasteiger partial charge on any atom is 0.0718 e. The number of para-hydroxylation sites is 1. The third-order valence-electron chi connectivity index (χ3n) is 2.38. The topological polar surface area (TPSA) is 23.5 Å². The quantitative estimate of drug-likeness (QED) is 0.723. The summed E-state index contributed by atoms with van der Waals surface area (Å²) in [5, 5.41) is 11.2. The normalized spacial score (nSPS) is 9.79. The van der Waals surface area contributed by atoms with Crippen LogP contribution < -0.4 is 5.06 Å². The molecule has 0 spiro atoms. The Morgan fingerprint density at radius 1 is 1.14 bits per heavy atom. The number of benzene rings is 1. The summed E-state index contributed by atoms with van der Waals surface area (Å²) < 4.78 is 0. The van der Waals surface area contributed by atoms with Gasteiger partial charge < -0.3 is 0 Å². The van der Waals surface area contributed by atoms with Crippen molar-refractivity contribution in [3.8, 4) is 0 Å². The highest BCUT2D eigenvalue weighted by Gasteiger charge is 2.07. The zero-order chi connectivity index (χ0) is 10.7. The summed E-state index contributed by atoms with van der Waals surface area (Å²) in [7, 11) is 0. The van der Waals surface area contributed by atoms with Gasteiger partial charge in [0, 0.05) is 5.70 Å². The van der Waals surface area contributed by atoms with E-state index < -0.39 is 0 Å². The fourth-order valence-corrected chi connectivity index (χ4v) is 1.19. The van der Waals surface area contributed by atoms with Gasteiger partial charge in [0.25, 0.3) is 0 Å². The Morgan fingerprint density at radius 2 is 1.71 bits per heavy atom. The first-order valence-corrected chi connectivity index (χ1v) is 4.72. The molecular weight excluding hydrogens is 174 g/mol. The molecule has 0 aliphatic carbocycles. The van der Waals surface area contributed by atoms with E-state index in [1.54, 1.807) is 0 Å². The Kier molecular flexibility index (Phi) is 3.31. The zero-order valence-electron chi connectivity index (χ0n) is 9.20. The van der Waals surface area contributed by atoms with Crippen molar-refractivity contribution in [1.82, 2.24) is 0 Å². The minimum atomic E-state index is 0.839. The molecule has 1 aromatic rings. The fraction of sp³-hybridized carbons (Fsp3) is 0.333. The molecular formula is C12H17NO. The van der Waals surface area contributed by atoms with E-state index in [0.717, 1.165) is 22.5 Å². The van der Waals surface area contributed by atoms with E-state index in [4.69, 9.17) is 0 Å². The van der Waals surface area contributed by atoms with Crippen LogP contribution in [0.5, 0.6) is 0 Å². The van der Waals surface area contributed by atoms with Crippen molar-refractivity contribution in [2.24, 2.45) is 0 Å². The lowest BCUT2D eigenvalue weighted by atomic mass is 10.2. The molecule has 0 bridgehead atoms. The molecule has 1 N–H and O–H groups in total. The van der Waals surface area contributed by atoms with Crippen LogP contribution in [-0.2, 0) is 0 Å². The van der Waals surface area contributed by atoms with Gasteiger partial charge in [-0.25, -0.2) is 5.06 Å². The summed E-state index contributed by atoms with van der Waals surface area (Å²) in [6.45, 7) is 7.85. The van der Waals surface area contributed by atoms with Crippen molar-refractivity contribution in [1.29, 1.82) is 0 Å². The standard InChI is InChI=1S/C12H17NO/c1-9(2)11(4)13(14)12-8-6-5-7-10(12)3/h5-8,14H,1-4H3. The fourth-order valence-electron chi connectivity index (χ4n) is 1.19. The average Bonchev–Trinajstić information content (AvgIpc) is 2.16. The maximum atomic E-state index is 9.92. The average molecular weight is 191 g/mol. The smallest absolute Gasteiger partial charge is 0.0718 e. The molecule has 0 fully saturated rings. The van der Waals surface area contributed by atoms with E-state index in [1.165, 1.54) is 5.06 Å². The van der Waals surface area contributed by atoms with Gasteiger partial charge in [0.2, 0.25) is 0 Å². The number of aryl methyl sites for hydroxylation is 1. The number of allylic oxidation sites excluding steroid dienone is 2. The second-order valence-corrected chi connectivity index (χ2v) is 3.68. The molecule has 0 heterocycles. The first-order chi connectivity index (χ1) is 6.54. The van der Waals surface area contributed by atoms with E-state index >= 15 is 0 Å². The van der Waals surface area contributed by atoms with Crippen LogP contribution in [0, 0.1) is 6.92 Å². The molecule has 1 aromatic carbocycles. The highest BCUT2D eigenvalue weighted by molar-refractivity contribution is 5.54. The molecule has 0 atom stereocenters. The van der Waals surface area contributed by atoms with Crippen LogP contribution in [0.25, 0.3) is 0 Å². The molecule has 0 saturated heterocycles. The van der Waals surface area contributed by atoms with Crippen LogP contribution in [0.1, 0.15) is 26.3 Å². The molecule has 0 amide bonds. The summed E-state index contributed by atoms with van der Waals surface area (Å²) >= 11 is 0. The molecule has 76 valence electrons. The van der Waals surface area contributed by atoms with Crippen LogP contribution >= 0.6 is 0 Å². The van der Waals surface area contributed by atoms with Gasteiger partial charge in [0.1, 0.15) is 0 Å². The lowest BCUT2D eigenvalue weighted by Gasteiger charge is -2.20. The van der Waals surface area contributed by atoms with Gasteiger partial charge in [-0.05, 0) is 39.3 Å². The van der Waals surface area contributed by atoms with Gasteiger partial charge in [-0.3, -0.25) is 5.21 Å². The number of hydrogen-bond donors (Lipinski definition) is 1. The maximum absolute atomic E-state index is 9.92. The molecule has 0 saturated carbocycles. The lowest BCUT2D eigenvalue weighted by molar-refractivity contribution is 0.282. The second-order valence-electron chi connectivity index (χ2n) is 3.68. The monoisotopic (exact) mass is 191 g/mol. The van der Waals surface area contributed by atoms with E-state index in [1.807, 2.05) is 52.0 Å². The van der Waals surface area contributed by atoms with Gasteiger partial charge in [0.05, 0.1) is 5.69 Å². The lowest BCUT2D eigenvalue weighted by Crippen LogP contribution is -2.17. The van der Waals surface area contributed by atoms with E-state index in [0.29, 0.717) is 0 Å². The third-order valence-corrected chi connectivity index (χ3v) is 2.38. The van der Waals surface area contributed by atoms with Crippen molar-refractivity contribution < 1.29 is 5.21 Å². The minimum Gasteiger partial charge on any atom is -0.284 e. The van der Waals surface area contributed by atoms with Crippen LogP contribution in [0.2, 0.25) is 0 Å². The van der Waals surface area contributed by atoms with Crippen molar-refractivity contribution in [2.45, 2.75) is 27.7 Å². The van der Waals surface area contributed by atoms with Crippen LogP contribution in [0.15, 0.2) is 35.5 Å². The highest BCUT2D eigenvalue weighted by Crippen LogP contribution is 2.22. The van der Waals surface area contributed by atoms with Crippen LogP contribution in [0.4, 0.5) is 5.69 Å². The molecule has 2 heteroatoms. The molecule has 0 aliphatic heterocycles. The Balaban J connectivity index is 3.07. The van der Waals surface area contributed by atoms with Crippen LogP contribution in [-0.4, -0.2) is 5.21 Å². The Labute approximate surface area is 85.4 Å². The van der Waals surface area contributed by atoms with Crippen molar-refractivity contribution >= 4 is 5.69 Å². The van der Waals surface area contributed by atoms with E-state index in [-0.39, 0.29) is 0 Å². The minimum absolute atomic E-state index is 0.839. The molecule has 1 rings (SSSR count). The second kappa shape index (κ2) is 4.29. The van der Waals surface area contributed by atoms with Crippen molar-refractivity contribution in [3.63, 3.8) is 0 Å². The summed E-state index contributed by atoms with van der Waals surface area (Å²) in [6, 6.07) is 7.77. The summed E-state index contributed by atoms with van der Waals surface area (Å²) in [5.74, 6) is 0. The zero-order valence-corrected chi connectivity index (χ0v) is 9.20. The van der Waals surface area contributed by atoms with Gasteiger partial charge in [-0.2, -0.15) is 0 Å². The summed E-state index contributed by atoms with van der Waals surface area (Å²) in [6.07, 6.45) is 0. The number of hydrogen-bond acceptors (Lipinski definition) is 2. The Morgan fingerprint density at radius 3 is 2.21 bits per heavy atom. The van der Waals surface area contributed by atoms with Crippen molar-refractivity contribution in [3.05, 3.63) is 41.1 Å². The molecule has 0 aromatic heterocycles. The van der Waals surface area contributed by atoms with E-state index in [2.05, 4.69) is 0 Å². The molecule has 0 aliphatic rings. The predicted octanol–water partition coefficient (Wildman–Crippen LogP) is 3.50. The number of hydroxylamine groups is 1. The number of rotatable bonds is 2. The molecule has 0 unspecified atom stereocenters. The van der Waals surface area contributed by atoms with Gasteiger partial charge in [-0.15, -0.1) is 0 Å². The predicted molar refractivity (Wildman–Crippen MR) is 59.5 cm³/mol. The molecule has 14 heavy (non-hydrogen) atoms. The highest BCUT2D eigenvalue weighted by atomic mass is 16.5. The molecule has 0 radical (unpaired) electrons. The number of nitrogens with zero attached hydrogens (tertiary/aromatic N) is 1. The first-order valence-electron chi connectivity index (χ1n) is 4.72.